The third-order valence-corrected chi connectivity index (χ3v) is 4.52. The van der Waals surface area contributed by atoms with Gasteiger partial charge in [0.1, 0.15) is 5.82 Å². The maximum Gasteiger partial charge on any atom is 0.232 e. The van der Waals surface area contributed by atoms with Gasteiger partial charge in [-0.05, 0) is 43.9 Å². The molecule has 1 amide bonds. The summed E-state index contributed by atoms with van der Waals surface area (Å²) in [4.78, 5) is 14.1. The molecule has 19 heavy (non-hydrogen) atoms. The van der Waals surface area contributed by atoms with Crippen molar-refractivity contribution in [3.05, 3.63) is 35.6 Å². The van der Waals surface area contributed by atoms with Crippen LogP contribution in [0.2, 0.25) is 0 Å². The fraction of sp³-hybridized carbons (Fsp3) is 0.533. The molecular weight excluding hydrogens is 261 g/mol. The van der Waals surface area contributed by atoms with Crippen molar-refractivity contribution in [2.45, 2.75) is 38.0 Å². The standard InChI is InChI=1S/C15H20FNOS/c1-12-4-2-3-9-17(12)15(18)11-19-10-13-5-7-14(16)8-6-13/h5-8,12H,2-4,9-11H2,1H3/t12-/m0/s1. The Bertz CT molecular complexity index is 421. The molecule has 2 rings (SSSR count). The van der Waals surface area contributed by atoms with Gasteiger partial charge in [0.25, 0.3) is 0 Å². The van der Waals surface area contributed by atoms with Crippen LogP contribution in [0.25, 0.3) is 0 Å². The topological polar surface area (TPSA) is 20.3 Å². The minimum Gasteiger partial charge on any atom is -0.339 e. The van der Waals surface area contributed by atoms with Crippen LogP contribution < -0.4 is 0 Å². The summed E-state index contributed by atoms with van der Waals surface area (Å²) >= 11 is 1.60. The van der Waals surface area contributed by atoms with Gasteiger partial charge in [0.15, 0.2) is 0 Å². The van der Waals surface area contributed by atoms with Gasteiger partial charge in [0.2, 0.25) is 5.91 Å². The Morgan fingerprint density at radius 1 is 1.37 bits per heavy atom. The van der Waals surface area contributed by atoms with Gasteiger partial charge in [0, 0.05) is 18.3 Å². The molecule has 0 aliphatic carbocycles. The van der Waals surface area contributed by atoms with E-state index in [1.807, 2.05) is 4.90 Å². The van der Waals surface area contributed by atoms with Crippen LogP contribution in [-0.2, 0) is 10.5 Å². The molecule has 1 atom stereocenters. The van der Waals surface area contributed by atoms with Gasteiger partial charge in [0.05, 0.1) is 5.75 Å². The van der Waals surface area contributed by atoms with Crippen LogP contribution >= 0.6 is 11.8 Å². The van der Waals surface area contributed by atoms with Gasteiger partial charge in [-0.3, -0.25) is 4.79 Å². The Kier molecular flexibility index (Phi) is 5.25. The van der Waals surface area contributed by atoms with Gasteiger partial charge in [-0.15, -0.1) is 11.8 Å². The molecule has 1 aliphatic rings. The molecule has 1 aliphatic heterocycles. The number of benzene rings is 1. The minimum atomic E-state index is -0.216. The maximum atomic E-state index is 12.8. The van der Waals surface area contributed by atoms with Gasteiger partial charge in [-0.1, -0.05) is 12.1 Å². The van der Waals surface area contributed by atoms with E-state index in [9.17, 15) is 9.18 Å². The molecule has 2 nitrogen and oxygen atoms in total. The second-order valence-electron chi connectivity index (χ2n) is 5.05. The summed E-state index contributed by atoms with van der Waals surface area (Å²) in [6.07, 6.45) is 3.47. The summed E-state index contributed by atoms with van der Waals surface area (Å²) < 4.78 is 12.8. The number of hydrogen-bond acceptors (Lipinski definition) is 2. The Hall–Kier alpha value is -1.03. The Labute approximate surface area is 118 Å². The number of rotatable bonds is 4. The lowest BCUT2D eigenvalue weighted by atomic mass is 10.0. The van der Waals surface area contributed by atoms with Crippen molar-refractivity contribution in [1.82, 2.24) is 4.90 Å². The van der Waals surface area contributed by atoms with E-state index in [0.717, 1.165) is 30.7 Å². The number of thioether (sulfide) groups is 1. The lowest BCUT2D eigenvalue weighted by Crippen LogP contribution is -2.42. The van der Waals surface area contributed by atoms with E-state index >= 15 is 0 Å². The molecule has 104 valence electrons. The average Bonchev–Trinajstić information content (AvgIpc) is 2.41. The van der Waals surface area contributed by atoms with Crippen LogP contribution in [0.1, 0.15) is 31.7 Å². The smallest absolute Gasteiger partial charge is 0.232 e. The maximum absolute atomic E-state index is 12.8. The number of nitrogens with zero attached hydrogens (tertiary/aromatic N) is 1. The normalized spacial score (nSPS) is 19.5. The number of hydrogen-bond donors (Lipinski definition) is 0. The van der Waals surface area contributed by atoms with E-state index in [1.54, 1.807) is 23.9 Å². The van der Waals surface area contributed by atoms with Gasteiger partial charge in [-0.25, -0.2) is 4.39 Å². The highest BCUT2D eigenvalue weighted by molar-refractivity contribution is 7.99. The van der Waals surface area contributed by atoms with E-state index in [2.05, 4.69) is 6.92 Å². The number of amides is 1. The lowest BCUT2D eigenvalue weighted by Gasteiger charge is -2.33. The molecule has 0 spiro atoms. The lowest BCUT2D eigenvalue weighted by molar-refractivity contribution is -0.131. The van der Waals surface area contributed by atoms with E-state index < -0.39 is 0 Å². The zero-order chi connectivity index (χ0) is 13.7. The summed E-state index contributed by atoms with van der Waals surface area (Å²) in [7, 11) is 0. The molecule has 1 heterocycles. The van der Waals surface area contributed by atoms with Crippen molar-refractivity contribution in [1.29, 1.82) is 0 Å². The first-order valence-corrected chi connectivity index (χ1v) is 7.94. The summed E-state index contributed by atoms with van der Waals surface area (Å²) in [5.74, 6) is 1.29. The molecule has 0 radical (unpaired) electrons. The molecular formula is C15H20FNOS. The predicted molar refractivity (Wildman–Crippen MR) is 77.6 cm³/mol. The molecule has 1 aromatic rings. The molecule has 0 bridgehead atoms. The van der Waals surface area contributed by atoms with Gasteiger partial charge < -0.3 is 4.90 Å². The van der Waals surface area contributed by atoms with Crippen molar-refractivity contribution >= 4 is 17.7 Å². The fourth-order valence-corrected chi connectivity index (χ4v) is 3.26. The van der Waals surface area contributed by atoms with Crippen LogP contribution in [0.15, 0.2) is 24.3 Å². The van der Waals surface area contributed by atoms with E-state index in [0.29, 0.717) is 11.8 Å². The quantitative estimate of drug-likeness (QED) is 0.842. The third-order valence-electron chi connectivity index (χ3n) is 3.53. The molecule has 0 unspecified atom stereocenters. The average molecular weight is 281 g/mol. The molecule has 0 aromatic heterocycles. The van der Waals surface area contributed by atoms with Crippen LogP contribution in [0.5, 0.6) is 0 Å². The second kappa shape index (κ2) is 6.94. The van der Waals surface area contributed by atoms with Crippen molar-refractivity contribution in [2.24, 2.45) is 0 Å². The second-order valence-corrected chi connectivity index (χ2v) is 6.04. The zero-order valence-corrected chi connectivity index (χ0v) is 12.1. The number of piperidine rings is 1. The Balaban J connectivity index is 1.75. The largest absolute Gasteiger partial charge is 0.339 e. The summed E-state index contributed by atoms with van der Waals surface area (Å²) in [6, 6.07) is 6.86. The highest BCUT2D eigenvalue weighted by Crippen LogP contribution is 2.19. The monoisotopic (exact) mass is 281 g/mol. The molecule has 1 saturated heterocycles. The minimum absolute atomic E-state index is 0.216. The third kappa shape index (κ3) is 4.23. The highest BCUT2D eigenvalue weighted by Gasteiger charge is 2.22. The molecule has 4 heteroatoms. The van der Waals surface area contributed by atoms with Crippen molar-refractivity contribution in [3.8, 4) is 0 Å². The fourth-order valence-electron chi connectivity index (χ4n) is 2.39. The van der Waals surface area contributed by atoms with Crippen molar-refractivity contribution in [3.63, 3.8) is 0 Å². The number of carbonyl (C=O) groups is 1. The number of halogens is 1. The Morgan fingerprint density at radius 3 is 2.79 bits per heavy atom. The first kappa shape index (κ1) is 14.4. The van der Waals surface area contributed by atoms with Crippen molar-refractivity contribution < 1.29 is 9.18 Å². The highest BCUT2D eigenvalue weighted by atomic mass is 32.2. The van der Waals surface area contributed by atoms with Gasteiger partial charge >= 0.3 is 0 Å². The summed E-state index contributed by atoms with van der Waals surface area (Å²) in [5, 5.41) is 0. The van der Waals surface area contributed by atoms with Crippen LogP contribution in [0.3, 0.4) is 0 Å². The van der Waals surface area contributed by atoms with Crippen molar-refractivity contribution in [2.75, 3.05) is 12.3 Å². The molecule has 1 fully saturated rings. The van der Waals surface area contributed by atoms with Crippen LogP contribution in [0.4, 0.5) is 4.39 Å². The molecule has 0 N–H and O–H groups in total. The van der Waals surface area contributed by atoms with E-state index in [4.69, 9.17) is 0 Å². The SMILES string of the molecule is C[C@H]1CCCCN1C(=O)CSCc1ccc(F)cc1. The number of carbonyl (C=O) groups excluding carboxylic acids is 1. The van der Waals surface area contributed by atoms with Crippen LogP contribution in [0, 0.1) is 5.82 Å². The number of likely N-dealkylation sites (tertiary alicyclic amines) is 1. The Morgan fingerprint density at radius 2 is 2.11 bits per heavy atom. The predicted octanol–water partition coefficient (Wildman–Crippen LogP) is 3.46. The van der Waals surface area contributed by atoms with E-state index in [-0.39, 0.29) is 11.7 Å². The zero-order valence-electron chi connectivity index (χ0n) is 11.3. The molecule has 0 saturated carbocycles. The summed E-state index contributed by atoms with van der Waals surface area (Å²) in [5.41, 5.74) is 1.06. The van der Waals surface area contributed by atoms with Crippen LogP contribution in [-0.4, -0.2) is 29.1 Å². The van der Waals surface area contributed by atoms with E-state index in [1.165, 1.54) is 18.6 Å². The first-order chi connectivity index (χ1) is 9.16. The summed E-state index contributed by atoms with van der Waals surface area (Å²) in [6.45, 7) is 3.03. The molecule has 1 aromatic carbocycles. The first-order valence-electron chi connectivity index (χ1n) is 6.78. The van der Waals surface area contributed by atoms with Gasteiger partial charge in [-0.2, -0.15) is 0 Å².